The van der Waals surface area contributed by atoms with Crippen molar-refractivity contribution in [3.8, 4) is 0 Å². The van der Waals surface area contributed by atoms with Crippen LogP contribution in [0.2, 0.25) is 0 Å². The number of phosphoric acid groups is 1. The molecule has 13 nitrogen and oxygen atoms in total. The Hall–Kier alpha value is 1.87. The summed E-state index contributed by atoms with van der Waals surface area (Å²) in [4.78, 5) is 68.3. The van der Waals surface area contributed by atoms with Gasteiger partial charge < -0.3 is 47.4 Å². The maximum absolute atomic E-state index is 10.7. The van der Waals surface area contributed by atoms with E-state index < -0.39 is 47.6 Å². The largest absolute Gasteiger partial charge is 1.00 e. The van der Waals surface area contributed by atoms with Crippen LogP contribution >= 0.6 is 23.0 Å². The van der Waals surface area contributed by atoms with Gasteiger partial charge in [-0.15, -0.1) is 0 Å². The van der Waals surface area contributed by atoms with E-state index in [4.69, 9.17) is 9.79 Å². The predicted molar refractivity (Wildman–Crippen MR) is 79.9 cm³/mol. The first kappa shape index (κ1) is 41.2. The van der Waals surface area contributed by atoms with Crippen LogP contribution in [0.25, 0.3) is 0 Å². The second-order valence-electron chi connectivity index (χ2n) is 4.49. The Kier molecular flexibility index (Phi) is 26.0. The zero-order chi connectivity index (χ0) is 21.3. The Balaban J connectivity index is -0.000000124. The van der Waals surface area contributed by atoms with Crippen LogP contribution in [-0.4, -0.2) is 34.4 Å². The van der Waals surface area contributed by atoms with Crippen molar-refractivity contribution in [2.24, 2.45) is 0 Å². The molecule has 0 radical (unpaired) electrons. The summed E-state index contributed by atoms with van der Waals surface area (Å²) < 4.78 is 42.2. The van der Waals surface area contributed by atoms with Crippen molar-refractivity contribution in [3.05, 3.63) is 24.3 Å². The molecule has 19 heteroatoms. The first-order chi connectivity index (χ1) is 11.4. The predicted octanol–water partition coefficient (Wildman–Crippen LogP) is -10.3. The van der Waals surface area contributed by atoms with Crippen LogP contribution in [-0.2, 0) is 37.1 Å². The normalized spacial score (nSPS) is 12.1. The summed E-state index contributed by atoms with van der Waals surface area (Å²) in [6.45, 7) is 9.02. The third-order valence-corrected chi connectivity index (χ3v) is 4.34. The van der Waals surface area contributed by atoms with Gasteiger partial charge in [-0.2, -0.15) is 0 Å². The fourth-order valence-electron chi connectivity index (χ4n) is 0.703. The SMILES string of the molecule is C=C(C)C(=O)OCP(=O)(O)O.C=C(C)C(=O)OCP(=O)([O-])OP(=O)([O-])[O-].[Na+].[Na+].[Na+]. The molecular weight excluding hydrogens is 490 g/mol. The summed E-state index contributed by atoms with van der Waals surface area (Å²) in [6.07, 6.45) is -2.23. The van der Waals surface area contributed by atoms with Gasteiger partial charge in [-0.05, 0) is 13.8 Å². The van der Waals surface area contributed by atoms with E-state index in [1.54, 1.807) is 0 Å². The van der Waals surface area contributed by atoms with Gasteiger partial charge >= 0.3 is 108 Å². The van der Waals surface area contributed by atoms with Crippen LogP contribution < -0.4 is 103 Å². The Morgan fingerprint density at radius 2 is 1.14 bits per heavy atom. The maximum Gasteiger partial charge on any atom is 1.00 e. The molecule has 0 amide bonds. The molecule has 2 N–H and O–H groups in total. The molecule has 0 saturated heterocycles. The Morgan fingerprint density at radius 1 is 0.828 bits per heavy atom. The van der Waals surface area contributed by atoms with Gasteiger partial charge in [-0.25, -0.2) is 9.59 Å². The molecule has 152 valence electrons. The third-order valence-electron chi connectivity index (χ3n) is 1.64. The quantitative estimate of drug-likeness (QED) is 0.135. The van der Waals surface area contributed by atoms with Crippen LogP contribution in [0.4, 0.5) is 0 Å². The Bertz CT molecular complexity index is 698. The minimum absolute atomic E-state index is 0. The second-order valence-corrected chi connectivity index (χ2v) is 9.10. The summed E-state index contributed by atoms with van der Waals surface area (Å²) in [5, 5.41) is 0. The average molecular weight is 506 g/mol. The van der Waals surface area contributed by atoms with E-state index in [1.807, 2.05) is 0 Å². The number of hydrogen-bond acceptors (Lipinski definition) is 11. The maximum atomic E-state index is 10.7. The van der Waals surface area contributed by atoms with Gasteiger partial charge in [0.2, 0.25) is 0 Å². The number of hydrogen-bond donors (Lipinski definition) is 2. The molecule has 0 spiro atoms. The van der Waals surface area contributed by atoms with Gasteiger partial charge in [-0.3, -0.25) is 4.57 Å². The molecule has 0 aliphatic rings. The van der Waals surface area contributed by atoms with E-state index in [9.17, 15) is 38.0 Å². The monoisotopic (exact) mass is 506 g/mol. The van der Waals surface area contributed by atoms with Crippen molar-refractivity contribution in [1.29, 1.82) is 0 Å². The minimum atomic E-state index is -5.66. The molecule has 0 aromatic carbocycles. The molecular formula is C10H16Na3O13P3. The number of rotatable bonds is 8. The van der Waals surface area contributed by atoms with Crippen LogP contribution in [0.1, 0.15) is 13.8 Å². The fraction of sp³-hybridized carbons (Fsp3) is 0.400. The van der Waals surface area contributed by atoms with E-state index in [-0.39, 0.29) is 99.8 Å². The first-order valence-corrected chi connectivity index (χ1v) is 11.1. The van der Waals surface area contributed by atoms with Crippen molar-refractivity contribution in [2.75, 3.05) is 12.7 Å². The molecule has 0 heterocycles. The van der Waals surface area contributed by atoms with Gasteiger partial charge in [0, 0.05) is 11.1 Å². The van der Waals surface area contributed by atoms with E-state index in [1.165, 1.54) is 13.8 Å². The van der Waals surface area contributed by atoms with Gasteiger partial charge in [0.1, 0.15) is 0 Å². The molecule has 0 bridgehead atoms. The van der Waals surface area contributed by atoms with Crippen LogP contribution in [0, 0.1) is 0 Å². The van der Waals surface area contributed by atoms with Gasteiger partial charge in [0.25, 0.3) is 0 Å². The fourth-order valence-corrected chi connectivity index (χ4v) is 2.67. The number of ether oxygens (including phenoxy) is 2. The van der Waals surface area contributed by atoms with E-state index in [0.29, 0.717) is 0 Å². The van der Waals surface area contributed by atoms with Crippen molar-refractivity contribution < 1.29 is 150 Å². The van der Waals surface area contributed by atoms with Crippen LogP contribution in [0.3, 0.4) is 0 Å². The zero-order valence-corrected chi connectivity index (χ0v) is 25.2. The molecule has 0 aliphatic carbocycles. The minimum Gasteiger partial charge on any atom is -0.790 e. The second kappa shape index (κ2) is 18.3. The summed E-state index contributed by atoms with van der Waals surface area (Å²) in [7, 11) is -14.9. The number of carbonyl (C=O) groups is 2. The summed E-state index contributed by atoms with van der Waals surface area (Å²) in [5.41, 5.74) is 0.0286. The average Bonchev–Trinajstić information content (AvgIpc) is 2.39. The molecule has 0 aromatic rings. The summed E-state index contributed by atoms with van der Waals surface area (Å²) in [5.74, 6) is -1.84. The summed E-state index contributed by atoms with van der Waals surface area (Å²) in [6, 6.07) is 0. The molecule has 0 aromatic heterocycles. The molecule has 0 fully saturated rings. The zero-order valence-electron chi connectivity index (χ0n) is 16.6. The van der Waals surface area contributed by atoms with Crippen molar-refractivity contribution >= 4 is 35.0 Å². The molecule has 1 unspecified atom stereocenters. The van der Waals surface area contributed by atoms with E-state index in [2.05, 4.69) is 26.9 Å². The van der Waals surface area contributed by atoms with Gasteiger partial charge in [-0.1, -0.05) is 13.2 Å². The molecule has 29 heavy (non-hydrogen) atoms. The first-order valence-electron chi connectivity index (χ1n) is 6.09. The van der Waals surface area contributed by atoms with E-state index in [0.717, 1.165) is 0 Å². The Morgan fingerprint density at radius 3 is 1.38 bits per heavy atom. The smallest absolute Gasteiger partial charge is 0.790 e. The topological polar surface area (TPSA) is 223 Å². The van der Waals surface area contributed by atoms with Crippen molar-refractivity contribution in [3.63, 3.8) is 0 Å². The van der Waals surface area contributed by atoms with Crippen molar-refractivity contribution in [1.82, 2.24) is 0 Å². The Labute approximate surface area is 233 Å². The molecule has 1 atom stereocenters. The number of esters is 2. The van der Waals surface area contributed by atoms with Gasteiger partial charge in [0.05, 0.1) is 7.82 Å². The van der Waals surface area contributed by atoms with Gasteiger partial charge in [0.15, 0.2) is 20.3 Å². The molecule has 0 rings (SSSR count). The van der Waals surface area contributed by atoms with Crippen LogP contribution in [0.15, 0.2) is 24.3 Å². The summed E-state index contributed by atoms with van der Waals surface area (Å²) >= 11 is 0. The van der Waals surface area contributed by atoms with E-state index >= 15 is 0 Å². The standard InChI is InChI=1S/C5H10O8P2.C5H9O5P.3Na/c1-4(2)5(6)12-3-14(7,8)13-15(9,10)11;1-4(2)5(6)10-3-11(7,8)9;;;/h1,3H2,2H3,(H,7,8)(H2,9,10,11);1,3H2,2H3,(H2,7,8,9);;;/q;;3*+1/p-3. The van der Waals surface area contributed by atoms with Crippen molar-refractivity contribution in [2.45, 2.75) is 13.8 Å². The molecule has 0 saturated carbocycles. The van der Waals surface area contributed by atoms with Crippen LogP contribution in [0.5, 0.6) is 0 Å². The number of carbonyl (C=O) groups excluding carboxylic acids is 2. The third kappa shape index (κ3) is 29.9. The molecule has 0 aliphatic heterocycles.